The minimum atomic E-state index is -0.254. The monoisotopic (exact) mass is 280 g/mol. The summed E-state index contributed by atoms with van der Waals surface area (Å²) in [5.74, 6) is -0.254. The van der Waals surface area contributed by atoms with Gasteiger partial charge in [0, 0.05) is 23.7 Å². The molecule has 1 aromatic carbocycles. The summed E-state index contributed by atoms with van der Waals surface area (Å²) >= 11 is 4.88. The Kier molecular flexibility index (Phi) is 4.88. The second kappa shape index (κ2) is 6.44. The number of hydrogen-bond donors (Lipinski definition) is 1. The molecule has 2 rings (SSSR count). The highest BCUT2D eigenvalue weighted by Crippen LogP contribution is 2.23. The van der Waals surface area contributed by atoms with Gasteiger partial charge in [0.1, 0.15) is 10.8 Å². The molecule has 2 nitrogen and oxygen atoms in total. The molecule has 104 valence electrons. The molecule has 2 N–H and O–H groups in total. The van der Waals surface area contributed by atoms with Crippen LogP contribution in [-0.2, 0) is 6.54 Å². The Morgan fingerprint density at radius 2 is 2.26 bits per heavy atom. The first-order chi connectivity index (χ1) is 9.13. The van der Waals surface area contributed by atoms with Crippen molar-refractivity contribution in [3.63, 3.8) is 0 Å². The van der Waals surface area contributed by atoms with Crippen molar-refractivity contribution in [2.24, 2.45) is 5.73 Å². The zero-order chi connectivity index (χ0) is 13.8. The number of benzene rings is 1. The lowest BCUT2D eigenvalue weighted by Gasteiger charge is -2.35. The number of nitrogens with two attached hydrogens (primary N) is 1. The van der Waals surface area contributed by atoms with Crippen LogP contribution >= 0.6 is 12.2 Å². The summed E-state index contributed by atoms with van der Waals surface area (Å²) in [6, 6.07) is 5.88. The van der Waals surface area contributed by atoms with Crippen molar-refractivity contribution in [2.75, 3.05) is 6.54 Å². The molecule has 1 fully saturated rings. The molecule has 19 heavy (non-hydrogen) atoms. The van der Waals surface area contributed by atoms with Gasteiger partial charge in [-0.3, -0.25) is 4.90 Å². The second-order valence-corrected chi connectivity index (χ2v) is 5.61. The average molecular weight is 280 g/mol. The van der Waals surface area contributed by atoms with E-state index in [9.17, 15) is 4.39 Å². The van der Waals surface area contributed by atoms with Crippen molar-refractivity contribution in [3.05, 3.63) is 35.1 Å². The SMILES string of the molecule is CCC1CCCCN1Cc1cccc(C(N)=S)c1F. The predicted octanol–water partition coefficient (Wildman–Crippen LogP) is 3.22. The summed E-state index contributed by atoms with van der Waals surface area (Å²) in [4.78, 5) is 2.51. The van der Waals surface area contributed by atoms with Gasteiger partial charge in [-0.1, -0.05) is 37.7 Å². The molecule has 0 aliphatic carbocycles. The van der Waals surface area contributed by atoms with Crippen LogP contribution in [0.1, 0.15) is 43.7 Å². The average Bonchev–Trinajstić information content (AvgIpc) is 2.41. The molecule has 0 aromatic heterocycles. The number of nitrogens with zero attached hydrogens (tertiary/aromatic N) is 1. The van der Waals surface area contributed by atoms with Crippen LogP contribution in [0.4, 0.5) is 4.39 Å². The molecule has 1 aromatic rings. The number of halogens is 1. The molecule has 4 heteroatoms. The van der Waals surface area contributed by atoms with Crippen molar-refractivity contribution in [2.45, 2.75) is 45.2 Å². The molecule has 0 amide bonds. The molecule has 0 saturated carbocycles. The Morgan fingerprint density at radius 1 is 1.47 bits per heavy atom. The molecule has 0 spiro atoms. The Hall–Kier alpha value is -1.00. The van der Waals surface area contributed by atoms with E-state index in [0.29, 0.717) is 23.7 Å². The molecule has 0 radical (unpaired) electrons. The van der Waals surface area contributed by atoms with Crippen LogP contribution in [0.15, 0.2) is 18.2 Å². The molecule has 1 aliphatic rings. The maximum Gasteiger partial charge on any atom is 0.137 e. The highest BCUT2D eigenvalue weighted by molar-refractivity contribution is 7.80. The lowest BCUT2D eigenvalue weighted by molar-refractivity contribution is 0.134. The van der Waals surface area contributed by atoms with E-state index in [1.54, 1.807) is 6.07 Å². The van der Waals surface area contributed by atoms with Gasteiger partial charge in [-0.25, -0.2) is 4.39 Å². The summed E-state index contributed by atoms with van der Waals surface area (Å²) in [6.07, 6.45) is 4.82. The van der Waals surface area contributed by atoms with E-state index in [1.807, 2.05) is 12.1 Å². The summed E-state index contributed by atoms with van der Waals surface area (Å²) in [5, 5.41) is 0. The number of rotatable bonds is 4. The first-order valence-electron chi connectivity index (χ1n) is 6.94. The zero-order valence-corrected chi connectivity index (χ0v) is 12.2. The summed E-state index contributed by atoms with van der Waals surface area (Å²) in [6.45, 7) is 3.90. The molecule has 1 atom stereocenters. The van der Waals surface area contributed by atoms with E-state index >= 15 is 0 Å². The molecule has 1 aliphatic heterocycles. The molecule has 1 heterocycles. The maximum atomic E-state index is 14.3. The highest BCUT2D eigenvalue weighted by atomic mass is 32.1. The topological polar surface area (TPSA) is 29.3 Å². The molecular weight excluding hydrogens is 259 g/mol. The third-order valence-corrected chi connectivity index (χ3v) is 4.16. The largest absolute Gasteiger partial charge is 0.389 e. The Morgan fingerprint density at radius 3 is 2.95 bits per heavy atom. The molecule has 1 unspecified atom stereocenters. The second-order valence-electron chi connectivity index (χ2n) is 5.17. The fourth-order valence-corrected chi connectivity index (χ4v) is 3.00. The van der Waals surface area contributed by atoms with Crippen molar-refractivity contribution in [1.29, 1.82) is 0 Å². The summed E-state index contributed by atoms with van der Waals surface area (Å²) in [7, 11) is 0. The van der Waals surface area contributed by atoms with Gasteiger partial charge in [-0.15, -0.1) is 0 Å². The Balaban J connectivity index is 2.18. The van der Waals surface area contributed by atoms with E-state index in [0.717, 1.165) is 13.0 Å². The number of thiocarbonyl (C=S) groups is 1. The van der Waals surface area contributed by atoms with Gasteiger partial charge in [0.2, 0.25) is 0 Å². The quantitative estimate of drug-likeness (QED) is 0.859. The minimum absolute atomic E-state index is 0.130. The normalized spacial score (nSPS) is 20.4. The van der Waals surface area contributed by atoms with Gasteiger partial charge in [-0.2, -0.15) is 0 Å². The number of likely N-dealkylation sites (tertiary alicyclic amines) is 1. The van der Waals surface area contributed by atoms with Crippen LogP contribution in [0, 0.1) is 5.82 Å². The fourth-order valence-electron chi connectivity index (χ4n) is 2.84. The third-order valence-electron chi connectivity index (χ3n) is 3.94. The van der Waals surface area contributed by atoms with Gasteiger partial charge in [-0.05, 0) is 31.9 Å². The first-order valence-corrected chi connectivity index (χ1v) is 7.35. The Labute approximate surface area is 119 Å². The predicted molar refractivity (Wildman–Crippen MR) is 80.6 cm³/mol. The standard InChI is InChI=1S/C15H21FN2S/c1-2-12-7-3-4-9-18(12)10-11-6-5-8-13(14(11)16)15(17)19/h5-6,8,12H,2-4,7,9-10H2,1H3,(H2,17,19). The number of piperidine rings is 1. The Bertz CT molecular complexity index is 461. The van der Waals surface area contributed by atoms with Crippen LogP contribution < -0.4 is 5.73 Å². The van der Waals surface area contributed by atoms with Gasteiger partial charge >= 0.3 is 0 Å². The lowest BCUT2D eigenvalue weighted by atomic mass is 9.98. The van der Waals surface area contributed by atoms with Gasteiger partial charge < -0.3 is 5.73 Å². The third kappa shape index (κ3) is 3.31. The van der Waals surface area contributed by atoms with E-state index in [1.165, 1.54) is 19.3 Å². The molecule has 1 saturated heterocycles. The molecule has 0 bridgehead atoms. The number of hydrogen-bond acceptors (Lipinski definition) is 2. The maximum absolute atomic E-state index is 14.3. The summed E-state index contributed by atoms with van der Waals surface area (Å²) in [5.41, 5.74) is 6.61. The van der Waals surface area contributed by atoms with Crippen LogP contribution in [0.25, 0.3) is 0 Å². The van der Waals surface area contributed by atoms with E-state index in [-0.39, 0.29) is 10.8 Å². The van der Waals surface area contributed by atoms with E-state index in [2.05, 4.69) is 11.8 Å². The van der Waals surface area contributed by atoms with Crippen LogP contribution in [0.2, 0.25) is 0 Å². The fraction of sp³-hybridized carbons (Fsp3) is 0.533. The van der Waals surface area contributed by atoms with Crippen molar-refractivity contribution < 1.29 is 4.39 Å². The van der Waals surface area contributed by atoms with Crippen LogP contribution in [0.5, 0.6) is 0 Å². The summed E-state index contributed by atoms with van der Waals surface area (Å²) < 4.78 is 14.3. The zero-order valence-electron chi connectivity index (χ0n) is 11.4. The molecular formula is C15H21FN2S. The smallest absolute Gasteiger partial charge is 0.137 e. The van der Waals surface area contributed by atoms with Crippen molar-refractivity contribution in [3.8, 4) is 0 Å². The minimum Gasteiger partial charge on any atom is -0.389 e. The highest BCUT2D eigenvalue weighted by Gasteiger charge is 2.22. The van der Waals surface area contributed by atoms with Crippen LogP contribution in [0.3, 0.4) is 0 Å². The lowest BCUT2D eigenvalue weighted by Crippen LogP contribution is -2.38. The van der Waals surface area contributed by atoms with Crippen molar-refractivity contribution in [1.82, 2.24) is 4.90 Å². The van der Waals surface area contributed by atoms with Gasteiger partial charge in [0.05, 0.1) is 0 Å². The van der Waals surface area contributed by atoms with E-state index in [4.69, 9.17) is 18.0 Å². The van der Waals surface area contributed by atoms with Crippen molar-refractivity contribution >= 4 is 17.2 Å². The van der Waals surface area contributed by atoms with Gasteiger partial charge in [0.25, 0.3) is 0 Å². The van der Waals surface area contributed by atoms with E-state index < -0.39 is 0 Å². The first kappa shape index (κ1) is 14.4. The van der Waals surface area contributed by atoms with Crippen LogP contribution in [-0.4, -0.2) is 22.5 Å². The van der Waals surface area contributed by atoms with Gasteiger partial charge in [0.15, 0.2) is 0 Å².